The van der Waals surface area contributed by atoms with Crippen LogP contribution in [-0.2, 0) is 4.79 Å². The highest BCUT2D eigenvalue weighted by molar-refractivity contribution is 8.26. The fourth-order valence-corrected chi connectivity index (χ4v) is 3.79. The quantitative estimate of drug-likeness (QED) is 0.465. The van der Waals surface area contributed by atoms with E-state index in [0.717, 1.165) is 16.8 Å². The SMILES string of the molecule is O=C(Nc1ccc(Cl)c(Cl)c1)NN1C(=O)/C(=C\c2ccccc2Cl)SC1=S. The summed E-state index contributed by atoms with van der Waals surface area (Å²) in [5.41, 5.74) is 3.51. The van der Waals surface area contributed by atoms with Gasteiger partial charge in [0, 0.05) is 10.7 Å². The van der Waals surface area contributed by atoms with Gasteiger partial charge in [0.15, 0.2) is 4.32 Å². The number of anilines is 1. The molecule has 1 aliphatic rings. The van der Waals surface area contributed by atoms with E-state index in [-0.39, 0.29) is 4.32 Å². The number of nitrogens with one attached hydrogen (secondary N) is 2. The van der Waals surface area contributed by atoms with Gasteiger partial charge in [-0.15, -0.1) is 0 Å². The summed E-state index contributed by atoms with van der Waals surface area (Å²) in [7, 11) is 0. The molecule has 2 aromatic carbocycles. The summed E-state index contributed by atoms with van der Waals surface area (Å²) in [4.78, 5) is 25.1. The number of rotatable bonds is 3. The Kier molecular flexibility index (Phi) is 6.29. The lowest BCUT2D eigenvalue weighted by Gasteiger charge is -2.16. The zero-order chi connectivity index (χ0) is 19.6. The van der Waals surface area contributed by atoms with Gasteiger partial charge in [-0.3, -0.25) is 4.79 Å². The van der Waals surface area contributed by atoms with Crippen LogP contribution in [0.5, 0.6) is 0 Å². The van der Waals surface area contributed by atoms with E-state index in [2.05, 4.69) is 10.7 Å². The molecule has 2 aromatic rings. The van der Waals surface area contributed by atoms with Crippen molar-refractivity contribution in [1.29, 1.82) is 0 Å². The Hall–Kier alpha value is -1.77. The van der Waals surface area contributed by atoms with Crippen molar-refractivity contribution < 1.29 is 9.59 Å². The Bertz CT molecular complexity index is 982. The number of urea groups is 1. The third kappa shape index (κ3) is 4.75. The van der Waals surface area contributed by atoms with Gasteiger partial charge in [-0.05, 0) is 48.1 Å². The van der Waals surface area contributed by atoms with Crippen LogP contribution in [0.4, 0.5) is 10.5 Å². The van der Waals surface area contributed by atoms with Gasteiger partial charge in [0.25, 0.3) is 5.91 Å². The first-order chi connectivity index (χ1) is 12.8. The molecule has 1 fully saturated rings. The first-order valence-corrected chi connectivity index (χ1v) is 9.76. The van der Waals surface area contributed by atoms with Gasteiger partial charge in [-0.25, -0.2) is 10.2 Å². The first kappa shape index (κ1) is 20.0. The lowest BCUT2D eigenvalue weighted by Crippen LogP contribution is -2.46. The predicted octanol–water partition coefficient (Wildman–Crippen LogP) is 5.58. The van der Waals surface area contributed by atoms with Crippen LogP contribution >= 0.6 is 58.8 Å². The van der Waals surface area contributed by atoms with E-state index in [1.807, 2.05) is 0 Å². The number of thioether (sulfide) groups is 1. The number of halogens is 3. The molecular weight excluding hydrogens is 449 g/mol. The number of nitrogens with zero attached hydrogens (tertiary/aromatic N) is 1. The maximum absolute atomic E-state index is 12.5. The highest BCUT2D eigenvalue weighted by Gasteiger charge is 2.33. The number of amides is 3. The average molecular weight is 459 g/mol. The van der Waals surface area contributed by atoms with Crippen molar-refractivity contribution in [3.8, 4) is 0 Å². The molecule has 3 amide bonds. The topological polar surface area (TPSA) is 61.4 Å². The molecule has 0 aromatic heterocycles. The van der Waals surface area contributed by atoms with Crippen LogP contribution in [0.2, 0.25) is 15.1 Å². The molecule has 0 atom stereocenters. The van der Waals surface area contributed by atoms with E-state index in [1.54, 1.807) is 42.5 Å². The second-order valence-electron chi connectivity index (χ2n) is 5.23. The summed E-state index contributed by atoms with van der Waals surface area (Å²) in [6, 6.07) is 11.1. The van der Waals surface area contributed by atoms with E-state index in [4.69, 9.17) is 47.0 Å². The van der Waals surface area contributed by atoms with Crippen LogP contribution in [0.15, 0.2) is 47.4 Å². The number of hydrogen-bond acceptors (Lipinski definition) is 4. The maximum Gasteiger partial charge on any atom is 0.338 e. The van der Waals surface area contributed by atoms with Crippen molar-refractivity contribution in [1.82, 2.24) is 10.4 Å². The number of carbonyl (C=O) groups excluding carboxylic acids is 2. The second kappa shape index (κ2) is 8.50. The predicted molar refractivity (Wildman–Crippen MR) is 115 cm³/mol. The molecule has 1 aliphatic heterocycles. The summed E-state index contributed by atoms with van der Waals surface area (Å²) < 4.78 is 0.197. The van der Waals surface area contributed by atoms with Gasteiger partial charge in [0.1, 0.15) is 0 Å². The van der Waals surface area contributed by atoms with Crippen molar-refractivity contribution in [3.05, 3.63) is 68.0 Å². The number of hydrazine groups is 1. The van der Waals surface area contributed by atoms with E-state index >= 15 is 0 Å². The summed E-state index contributed by atoms with van der Waals surface area (Å²) in [6.07, 6.45) is 1.63. The summed E-state index contributed by atoms with van der Waals surface area (Å²) >= 11 is 24.1. The van der Waals surface area contributed by atoms with Crippen molar-refractivity contribution >= 4 is 86.8 Å². The van der Waals surface area contributed by atoms with Crippen molar-refractivity contribution in [2.45, 2.75) is 0 Å². The van der Waals surface area contributed by atoms with Gasteiger partial charge in [0.05, 0.1) is 15.0 Å². The van der Waals surface area contributed by atoms with E-state index in [0.29, 0.717) is 31.2 Å². The molecule has 5 nitrogen and oxygen atoms in total. The van der Waals surface area contributed by atoms with Gasteiger partial charge < -0.3 is 5.32 Å². The van der Waals surface area contributed by atoms with E-state index < -0.39 is 11.9 Å². The number of hydrogen-bond donors (Lipinski definition) is 2. The second-order valence-corrected chi connectivity index (χ2v) is 8.13. The summed E-state index contributed by atoms with van der Waals surface area (Å²) in [5, 5.41) is 4.72. The Morgan fingerprint density at radius 2 is 1.81 bits per heavy atom. The smallest absolute Gasteiger partial charge is 0.307 e. The molecule has 0 aliphatic carbocycles. The average Bonchev–Trinajstić information content (AvgIpc) is 2.88. The van der Waals surface area contributed by atoms with Crippen LogP contribution in [0.3, 0.4) is 0 Å². The Morgan fingerprint density at radius 3 is 2.52 bits per heavy atom. The number of carbonyl (C=O) groups is 2. The Morgan fingerprint density at radius 1 is 1.07 bits per heavy atom. The monoisotopic (exact) mass is 457 g/mol. The maximum atomic E-state index is 12.5. The van der Waals surface area contributed by atoms with Gasteiger partial charge in [0.2, 0.25) is 0 Å². The molecule has 0 saturated carbocycles. The van der Waals surface area contributed by atoms with Crippen molar-refractivity contribution in [3.63, 3.8) is 0 Å². The van der Waals surface area contributed by atoms with Crippen molar-refractivity contribution in [2.24, 2.45) is 0 Å². The normalized spacial score (nSPS) is 15.4. The molecule has 10 heteroatoms. The van der Waals surface area contributed by atoms with Crippen LogP contribution < -0.4 is 10.7 Å². The highest BCUT2D eigenvalue weighted by atomic mass is 35.5. The van der Waals surface area contributed by atoms with Gasteiger partial charge >= 0.3 is 6.03 Å². The Balaban J connectivity index is 1.71. The minimum atomic E-state index is -0.649. The highest BCUT2D eigenvalue weighted by Crippen LogP contribution is 2.32. The molecule has 1 heterocycles. The molecule has 3 rings (SSSR count). The lowest BCUT2D eigenvalue weighted by atomic mass is 10.2. The fraction of sp³-hybridized carbons (Fsp3) is 0. The third-order valence-electron chi connectivity index (χ3n) is 3.38. The molecule has 0 radical (unpaired) electrons. The summed E-state index contributed by atoms with van der Waals surface area (Å²) in [6.45, 7) is 0. The van der Waals surface area contributed by atoms with Crippen LogP contribution in [0.25, 0.3) is 6.08 Å². The molecule has 2 N–H and O–H groups in total. The zero-order valence-corrected chi connectivity index (χ0v) is 17.2. The minimum absolute atomic E-state index is 0.197. The van der Waals surface area contributed by atoms with Gasteiger partial charge in [-0.1, -0.05) is 64.8 Å². The molecular formula is C17H10Cl3N3O2S2. The van der Waals surface area contributed by atoms with E-state index in [9.17, 15) is 9.59 Å². The zero-order valence-electron chi connectivity index (χ0n) is 13.3. The van der Waals surface area contributed by atoms with Crippen LogP contribution in [0.1, 0.15) is 5.56 Å². The summed E-state index contributed by atoms with van der Waals surface area (Å²) in [5.74, 6) is -0.450. The number of thiocarbonyl (C=S) groups is 1. The van der Waals surface area contributed by atoms with Crippen LogP contribution in [-0.4, -0.2) is 21.3 Å². The molecule has 0 spiro atoms. The molecule has 138 valence electrons. The number of benzene rings is 2. The Labute approximate surface area is 179 Å². The minimum Gasteiger partial charge on any atom is -0.307 e. The molecule has 0 unspecified atom stereocenters. The molecule has 1 saturated heterocycles. The standard InChI is InChI=1S/C17H10Cl3N3O2S2/c18-11-4-2-1-3-9(11)7-14-15(24)23(17(26)27-14)22-16(25)21-10-5-6-12(19)13(20)8-10/h1-8H,(H2,21,22,25)/b14-7+. The fourth-order valence-electron chi connectivity index (χ4n) is 2.13. The molecule has 27 heavy (non-hydrogen) atoms. The van der Waals surface area contributed by atoms with Gasteiger partial charge in [-0.2, -0.15) is 5.01 Å². The lowest BCUT2D eigenvalue weighted by molar-refractivity contribution is -0.123. The largest absolute Gasteiger partial charge is 0.338 e. The third-order valence-corrected chi connectivity index (χ3v) is 5.76. The molecule has 0 bridgehead atoms. The first-order valence-electron chi connectivity index (χ1n) is 7.40. The van der Waals surface area contributed by atoms with Crippen LogP contribution in [0, 0.1) is 0 Å². The van der Waals surface area contributed by atoms with E-state index in [1.165, 1.54) is 6.07 Å². The van der Waals surface area contributed by atoms with Crippen molar-refractivity contribution in [2.75, 3.05) is 5.32 Å².